The van der Waals surface area contributed by atoms with E-state index in [1.165, 1.54) is 0 Å². The molecule has 0 aromatic heterocycles. The van der Waals surface area contributed by atoms with Crippen LogP contribution < -0.4 is 11.1 Å². The zero-order chi connectivity index (χ0) is 23.0. The third kappa shape index (κ3) is 5.04. The number of primary amides is 1. The van der Waals surface area contributed by atoms with Gasteiger partial charge in [-0.25, -0.2) is 0 Å². The summed E-state index contributed by atoms with van der Waals surface area (Å²) in [6.45, 7) is 1.70. The van der Waals surface area contributed by atoms with E-state index in [1.54, 1.807) is 6.92 Å². The third-order valence-electron chi connectivity index (χ3n) is 5.71. The summed E-state index contributed by atoms with van der Waals surface area (Å²) in [5.41, 5.74) is 7.65. The van der Waals surface area contributed by atoms with Crippen LogP contribution in [0.2, 0.25) is 0 Å². The molecule has 0 aliphatic carbocycles. The lowest BCUT2D eigenvalue weighted by Gasteiger charge is -2.36. The molecule has 0 spiro atoms. The van der Waals surface area contributed by atoms with Crippen LogP contribution in [0, 0.1) is 17.2 Å². The molecule has 0 bridgehead atoms. The van der Waals surface area contributed by atoms with Crippen molar-refractivity contribution in [2.75, 3.05) is 0 Å². The number of nitriles is 1. The maximum Gasteiger partial charge on any atom is 0.240 e. The summed E-state index contributed by atoms with van der Waals surface area (Å²) >= 11 is 0. The normalized spacial score (nSPS) is 12.9. The molecule has 0 heterocycles. The molecule has 3 N–H and O–H groups in total. The van der Waals surface area contributed by atoms with Crippen molar-refractivity contribution < 1.29 is 9.59 Å². The molecule has 162 valence electrons. The number of hydrogen-bond donors (Lipinski definition) is 2. The van der Waals surface area contributed by atoms with E-state index in [0.717, 1.165) is 16.7 Å². The second kappa shape index (κ2) is 10.4. The van der Waals surface area contributed by atoms with Crippen LogP contribution in [-0.2, 0) is 15.0 Å². The van der Waals surface area contributed by atoms with Gasteiger partial charge in [0.2, 0.25) is 11.8 Å². The number of benzene rings is 3. The summed E-state index contributed by atoms with van der Waals surface area (Å²) in [7, 11) is 0. The molecular weight excluding hydrogens is 398 g/mol. The zero-order valence-electron chi connectivity index (χ0n) is 18.1. The van der Waals surface area contributed by atoms with Gasteiger partial charge in [-0.05, 0) is 30.0 Å². The standard InChI is InChI=1S/C27H27N3O2/c1-20(19-28)17-24(26(29)32)30-25(31)18-27(21-11-5-2-6-12-21,22-13-7-3-8-14-22)23-15-9-4-10-16-23/h2-16,20,24H,17-18H2,1H3,(H2,29,32)(H,30,31)/t20-,24-/m1/s1. The molecule has 5 nitrogen and oxygen atoms in total. The number of rotatable bonds is 9. The van der Waals surface area contributed by atoms with E-state index in [-0.39, 0.29) is 18.7 Å². The molecular formula is C27H27N3O2. The number of nitrogens with one attached hydrogen (secondary N) is 1. The predicted octanol–water partition coefficient (Wildman–Crippen LogP) is 3.93. The first kappa shape index (κ1) is 22.8. The quantitative estimate of drug-likeness (QED) is 0.509. The van der Waals surface area contributed by atoms with Gasteiger partial charge in [0, 0.05) is 12.3 Å². The lowest BCUT2D eigenvalue weighted by Crippen LogP contribution is -2.47. The zero-order valence-corrected chi connectivity index (χ0v) is 18.1. The molecule has 0 aliphatic heterocycles. The second-order valence-electron chi connectivity index (χ2n) is 7.97. The minimum atomic E-state index is -0.905. The van der Waals surface area contributed by atoms with Crippen molar-refractivity contribution in [3.05, 3.63) is 108 Å². The Hall–Kier alpha value is -3.91. The fourth-order valence-corrected chi connectivity index (χ4v) is 4.11. The number of nitrogens with two attached hydrogens (primary N) is 1. The van der Waals surface area contributed by atoms with E-state index < -0.39 is 23.3 Å². The van der Waals surface area contributed by atoms with Gasteiger partial charge in [0.1, 0.15) is 6.04 Å². The molecule has 0 saturated heterocycles. The van der Waals surface area contributed by atoms with Gasteiger partial charge in [0.25, 0.3) is 0 Å². The van der Waals surface area contributed by atoms with Crippen LogP contribution in [0.4, 0.5) is 0 Å². The Morgan fingerprint density at radius 2 is 1.28 bits per heavy atom. The van der Waals surface area contributed by atoms with Gasteiger partial charge in [-0.15, -0.1) is 0 Å². The summed E-state index contributed by atoms with van der Waals surface area (Å²) in [5, 5.41) is 11.9. The number of nitrogens with zero attached hydrogens (tertiary/aromatic N) is 1. The Balaban J connectivity index is 2.08. The van der Waals surface area contributed by atoms with Crippen LogP contribution in [-0.4, -0.2) is 17.9 Å². The number of hydrogen-bond acceptors (Lipinski definition) is 3. The molecule has 0 saturated carbocycles. The molecule has 2 amide bonds. The first-order chi connectivity index (χ1) is 15.5. The topological polar surface area (TPSA) is 96.0 Å². The Bertz CT molecular complexity index is 979. The average Bonchev–Trinajstić information content (AvgIpc) is 2.83. The highest BCUT2D eigenvalue weighted by Crippen LogP contribution is 2.42. The SMILES string of the molecule is C[C@@H](C#N)C[C@@H](NC(=O)CC(c1ccccc1)(c1ccccc1)c1ccccc1)C(N)=O. The van der Waals surface area contributed by atoms with Crippen LogP contribution in [0.15, 0.2) is 91.0 Å². The lowest BCUT2D eigenvalue weighted by molar-refractivity contribution is -0.128. The van der Waals surface area contributed by atoms with E-state index in [4.69, 9.17) is 11.0 Å². The molecule has 2 atom stereocenters. The van der Waals surface area contributed by atoms with E-state index in [9.17, 15) is 9.59 Å². The highest BCUT2D eigenvalue weighted by molar-refractivity contribution is 5.88. The van der Waals surface area contributed by atoms with Crippen LogP contribution in [0.1, 0.15) is 36.5 Å². The van der Waals surface area contributed by atoms with E-state index in [0.29, 0.717) is 0 Å². The molecule has 32 heavy (non-hydrogen) atoms. The van der Waals surface area contributed by atoms with Gasteiger partial charge in [0.15, 0.2) is 0 Å². The molecule has 3 aromatic rings. The molecule has 0 unspecified atom stereocenters. The first-order valence-electron chi connectivity index (χ1n) is 10.6. The number of carbonyl (C=O) groups excluding carboxylic acids is 2. The molecule has 0 fully saturated rings. The molecule has 3 aromatic carbocycles. The number of amides is 2. The summed E-state index contributed by atoms with van der Waals surface area (Å²) < 4.78 is 0. The van der Waals surface area contributed by atoms with Gasteiger partial charge in [-0.3, -0.25) is 9.59 Å². The molecule has 0 radical (unpaired) electrons. The Morgan fingerprint density at radius 1 is 0.875 bits per heavy atom. The first-order valence-corrected chi connectivity index (χ1v) is 10.6. The van der Waals surface area contributed by atoms with Gasteiger partial charge in [-0.1, -0.05) is 91.0 Å². The van der Waals surface area contributed by atoms with Gasteiger partial charge >= 0.3 is 0 Å². The number of carbonyl (C=O) groups is 2. The predicted molar refractivity (Wildman–Crippen MR) is 124 cm³/mol. The minimum absolute atomic E-state index is 0.0791. The summed E-state index contributed by atoms with van der Waals surface area (Å²) in [6.07, 6.45) is 0.252. The van der Waals surface area contributed by atoms with Gasteiger partial charge in [0.05, 0.1) is 11.5 Å². The van der Waals surface area contributed by atoms with Crippen molar-refractivity contribution in [2.24, 2.45) is 11.7 Å². The lowest BCUT2D eigenvalue weighted by atomic mass is 9.67. The fourth-order valence-electron chi connectivity index (χ4n) is 4.11. The summed E-state index contributed by atoms with van der Waals surface area (Å²) in [6, 6.07) is 30.8. The van der Waals surface area contributed by atoms with Crippen LogP contribution >= 0.6 is 0 Å². The van der Waals surface area contributed by atoms with Crippen LogP contribution in [0.3, 0.4) is 0 Å². The fraction of sp³-hybridized carbons (Fsp3) is 0.222. The Kier molecular flexibility index (Phi) is 7.41. The monoisotopic (exact) mass is 425 g/mol. The summed E-state index contributed by atoms with van der Waals surface area (Å²) in [4.78, 5) is 25.3. The van der Waals surface area contributed by atoms with Crippen molar-refractivity contribution in [2.45, 2.75) is 31.2 Å². The molecule has 5 heteroatoms. The van der Waals surface area contributed by atoms with Crippen molar-refractivity contribution in [1.29, 1.82) is 5.26 Å². The van der Waals surface area contributed by atoms with E-state index >= 15 is 0 Å². The van der Waals surface area contributed by atoms with Crippen molar-refractivity contribution >= 4 is 11.8 Å². The molecule has 3 rings (SSSR count). The van der Waals surface area contributed by atoms with E-state index in [2.05, 4.69) is 11.4 Å². The highest BCUT2D eigenvalue weighted by atomic mass is 16.2. The maximum atomic E-state index is 13.4. The Morgan fingerprint density at radius 3 is 1.62 bits per heavy atom. The van der Waals surface area contributed by atoms with Crippen molar-refractivity contribution in [1.82, 2.24) is 5.32 Å². The maximum absolute atomic E-state index is 13.4. The van der Waals surface area contributed by atoms with Crippen molar-refractivity contribution in [3.63, 3.8) is 0 Å². The smallest absolute Gasteiger partial charge is 0.240 e. The summed E-state index contributed by atoms with van der Waals surface area (Å²) in [5.74, 6) is -1.37. The van der Waals surface area contributed by atoms with Crippen LogP contribution in [0.25, 0.3) is 0 Å². The van der Waals surface area contributed by atoms with Gasteiger partial charge in [-0.2, -0.15) is 5.26 Å². The van der Waals surface area contributed by atoms with Gasteiger partial charge < -0.3 is 11.1 Å². The minimum Gasteiger partial charge on any atom is -0.368 e. The van der Waals surface area contributed by atoms with E-state index in [1.807, 2.05) is 91.0 Å². The second-order valence-corrected chi connectivity index (χ2v) is 7.97. The van der Waals surface area contributed by atoms with Crippen molar-refractivity contribution in [3.8, 4) is 6.07 Å². The Labute approximate surface area is 188 Å². The average molecular weight is 426 g/mol. The third-order valence-corrected chi connectivity index (χ3v) is 5.71. The molecule has 0 aliphatic rings. The van der Waals surface area contributed by atoms with Crippen LogP contribution in [0.5, 0.6) is 0 Å². The highest BCUT2D eigenvalue weighted by Gasteiger charge is 2.39. The largest absolute Gasteiger partial charge is 0.368 e.